The molecule has 1 heterocycles. The van der Waals surface area contributed by atoms with Crippen LogP contribution in [0.3, 0.4) is 0 Å². The van der Waals surface area contributed by atoms with Crippen molar-refractivity contribution in [1.29, 1.82) is 0 Å². The van der Waals surface area contributed by atoms with Gasteiger partial charge in [-0.15, -0.1) is 11.8 Å². The van der Waals surface area contributed by atoms with Gasteiger partial charge in [-0.2, -0.15) is 0 Å². The largest absolute Gasteiger partial charge is 0.378 e. The van der Waals surface area contributed by atoms with Gasteiger partial charge >= 0.3 is 0 Å². The molecule has 0 aromatic rings. The van der Waals surface area contributed by atoms with Crippen molar-refractivity contribution in [3.63, 3.8) is 0 Å². The molecule has 0 amide bonds. The molecule has 0 aromatic carbocycles. The summed E-state index contributed by atoms with van der Waals surface area (Å²) in [6, 6.07) is 0. The van der Waals surface area contributed by atoms with Crippen molar-refractivity contribution in [1.82, 2.24) is 5.32 Å². The smallest absolute Gasteiger partial charge is 0.0651 e. The third-order valence-electron chi connectivity index (χ3n) is 1.51. The van der Waals surface area contributed by atoms with Crippen LogP contribution in [0.25, 0.3) is 0 Å². The van der Waals surface area contributed by atoms with E-state index in [0.29, 0.717) is 5.92 Å². The van der Waals surface area contributed by atoms with Gasteiger partial charge in [0.25, 0.3) is 0 Å². The van der Waals surface area contributed by atoms with Crippen molar-refractivity contribution >= 4 is 11.8 Å². The SMILES string of the molecule is CC1=C(C(C)C)NCS1. The number of rotatable bonds is 1. The number of allylic oxidation sites excluding steroid dienone is 2. The number of nitrogens with one attached hydrogen (secondary N) is 1. The van der Waals surface area contributed by atoms with Gasteiger partial charge in [0.2, 0.25) is 0 Å². The molecule has 0 saturated heterocycles. The minimum Gasteiger partial charge on any atom is -0.378 e. The maximum Gasteiger partial charge on any atom is 0.0651 e. The standard InChI is InChI=1S/C7H13NS/c1-5(2)7-6(3)9-4-8-7/h5,8H,4H2,1-3H3. The van der Waals surface area contributed by atoms with Crippen molar-refractivity contribution < 1.29 is 0 Å². The molecular weight excluding hydrogens is 130 g/mol. The average Bonchev–Trinajstić information content (AvgIpc) is 2.13. The van der Waals surface area contributed by atoms with Crippen LogP contribution in [0.2, 0.25) is 0 Å². The lowest BCUT2D eigenvalue weighted by Crippen LogP contribution is -2.11. The van der Waals surface area contributed by atoms with Crippen molar-refractivity contribution in [3.05, 3.63) is 10.6 Å². The monoisotopic (exact) mass is 143 g/mol. The van der Waals surface area contributed by atoms with Gasteiger partial charge in [0.15, 0.2) is 0 Å². The van der Waals surface area contributed by atoms with E-state index in [1.54, 1.807) is 0 Å². The van der Waals surface area contributed by atoms with Crippen LogP contribution in [0.5, 0.6) is 0 Å². The van der Waals surface area contributed by atoms with Crippen LogP contribution < -0.4 is 5.32 Å². The van der Waals surface area contributed by atoms with E-state index in [9.17, 15) is 0 Å². The molecule has 0 unspecified atom stereocenters. The minimum absolute atomic E-state index is 0.667. The zero-order valence-electron chi connectivity index (χ0n) is 6.19. The molecule has 1 aliphatic rings. The molecule has 1 rings (SSSR count). The van der Waals surface area contributed by atoms with Gasteiger partial charge in [-0.1, -0.05) is 13.8 Å². The zero-order valence-corrected chi connectivity index (χ0v) is 7.01. The summed E-state index contributed by atoms with van der Waals surface area (Å²) in [7, 11) is 0. The first-order chi connectivity index (χ1) is 4.22. The zero-order chi connectivity index (χ0) is 6.85. The lowest BCUT2D eigenvalue weighted by molar-refractivity contribution is 0.696. The quantitative estimate of drug-likeness (QED) is 0.603. The highest BCUT2D eigenvalue weighted by Gasteiger charge is 2.12. The van der Waals surface area contributed by atoms with Crippen LogP contribution in [0.4, 0.5) is 0 Å². The van der Waals surface area contributed by atoms with Crippen LogP contribution >= 0.6 is 11.8 Å². The molecule has 0 atom stereocenters. The molecule has 1 aliphatic heterocycles. The van der Waals surface area contributed by atoms with E-state index < -0.39 is 0 Å². The number of thioether (sulfide) groups is 1. The Bertz CT molecular complexity index is 138. The topological polar surface area (TPSA) is 12.0 Å². The van der Waals surface area contributed by atoms with Crippen LogP contribution in [-0.2, 0) is 0 Å². The lowest BCUT2D eigenvalue weighted by Gasteiger charge is -2.06. The summed E-state index contributed by atoms with van der Waals surface area (Å²) in [5.74, 6) is 1.74. The van der Waals surface area contributed by atoms with Crippen LogP contribution in [0, 0.1) is 5.92 Å². The summed E-state index contributed by atoms with van der Waals surface area (Å²) >= 11 is 1.90. The van der Waals surface area contributed by atoms with Crippen molar-refractivity contribution in [3.8, 4) is 0 Å². The summed E-state index contributed by atoms with van der Waals surface area (Å²) in [6.07, 6.45) is 0. The molecule has 2 heteroatoms. The third-order valence-corrected chi connectivity index (χ3v) is 2.45. The van der Waals surface area contributed by atoms with Gasteiger partial charge in [0.05, 0.1) is 5.88 Å². The minimum atomic E-state index is 0.667. The Hall–Kier alpha value is -0.110. The molecule has 52 valence electrons. The first kappa shape index (κ1) is 7.00. The molecule has 0 aliphatic carbocycles. The molecule has 0 spiro atoms. The van der Waals surface area contributed by atoms with Crippen LogP contribution in [0.1, 0.15) is 20.8 Å². The summed E-state index contributed by atoms with van der Waals surface area (Å²) in [5, 5.41) is 3.35. The van der Waals surface area contributed by atoms with E-state index >= 15 is 0 Å². The first-order valence-electron chi connectivity index (χ1n) is 3.29. The van der Waals surface area contributed by atoms with E-state index in [0.717, 1.165) is 5.88 Å². The van der Waals surface area contributed by atoms with E-state index in [2.05, 4.69) is 26.1 Å². The highest BCUT2D eigenvalue weighted by molar-refractivity contribution is 8.03. The second-order valence-electron chi connectivity index (χ2n) is 2.59. The van der Waals surface area contributed by atoms with Gasteiger partial charge in [0.1, 0.15) is 0 Å². The average molecular weight is 143 g/mol. The highest BCUT2D eigenvalue weighted by Crippen LogP contribution is 2.27. The van der Waals surface area contributed by atoms with Gasteiger partial charge in [-0.3, -0.25) is 0 Å². The maximum absolute atomic E-state index is 3.35. The molecule has 0 radical (unpaired) electrons. The van der Waals surface area contributed by atoms with E-state index in [4.69, 9.17) is 0 Å². The fraction of sp³-hybridized carbons (Fsp3) is 0.714. The molecule has 9 heavy (non-hydrogen) atoms. The molecule has 1 N–H and O–H groups in total. The third kappa shape index (κ3) is 1.42. The van der Waals surface area contributed by atoms with E-state index in [1.165, 1.54) is 10.6 Å². The second kappa shape index (κ2) is 2.65. The summed E-state index contributed by atoms with van der Waals surface area (Å²) < 4.78 is 0. The first-order valence-corrected chi connectivity index (χ1v) is 4.28. The molecule has 0 bridgehead atoms. The number of hydrogen-bond acceptors (Lipinski definition) is 2. The summed E-state index contributed by atoms with van der Waals surface area (Å²) in [5.41, 5.74) is 1.43. The summed E-state index contributed by atoms with van der Waals surface area (Å²) in [4.78, 5) is 1.46. The van der Waals surface area contributed by atoms with Crippen molar-refractivity contribution in [2.75, 3.05) is 5.88 Å². The highest BCUT2D eigenvalue weighted by atomic mass is 32.2. The Morgan fingerprint density at radius 3 is 2.44 bits per heavy atom. The Morgan fingerprint density at radius 2 is 2.22 bits per heavy atom. The van der Waals surface area contributed by atoms with Gasteiger partial charge in [-0.25, -0.2) is 0 Å². The van der Waals surface area contributed by atoms with Crippen LogP contribution in [-0.4, -0.2) is 5.88 Å². The molecule has 1 nitrogen and oxygen atoms in total. The lowest BCUT2D eigenvalue weighted by atomic mass is 10.1. The van der Waals surface area contributed by atoms with E-state index in [-0.39, 0.29) is 0 Å². The summed E-state index contributed by atoms with van der Waals surface area (Å²) in [6.45, 7) is 6.62. The molecule has 0 saturated carbocycles. The Balaban J connectivity index is 2.66. The Labute approximate surface area is 60.9 Å². The van der Waals surface area contributed by atoms with Crippen molar-refractivity contribution in [2.45, 2.75) is 20.8 Å². The molecular formula is C7H13NS. The Kier molecular flexibility index (Phi) is 2.06. The van der Waals surface area contributed by atoms with Gasteiger partial charge in [-0.05, 0) is 12.8 Å². The predicted molar refractivity (Wildman–Crippen MR) is 43.1 cm³/mol. The molecule has 0 aromatic heterocycles. The van der Waals surface area contributed by atoms with E-state index in [1.807, 2.05) is 11.8 Å². The normalized spacial score (nSPS) is 19.1. The predicted octanol–water partition coefficient (Wildman–Crippen LogP) is 2.17. The Morgan fingerprint density at radius 1 is 1.56 bits per heavy atom. The maximum atomic E-state index is 3.35. The van der Waals surface area contributed by atoms with Crippen molar-refractivity contribution in [2.24, 2.45) is 5.92 Å². The fourth-order valence-electron chi connectivity index (χ4n) is 1.03. The van der Waals surface area contributed by atoms with Gasteiger partial charge < -0.3 is 5.32 Å². The second-order valence-corrected chi connectivity index (χ2v) is 3.78. The molecule has 0 fully saturated rings. The van der Waals surface area contributed by atoms with Gasteiger partial charge in [0, 0.05) is 10.6 Å². The fourth-order valence-corrected chi connectivity index (χ4v) is 1.94. The van der Waals surface area contributed by atoms with Crippen LogP contribution in [0.15, 0.2) is 10.6 Å². The number of hydrogen-bond donors (Lipinski definition) is 1.